The molecule has 6 nitrogen and oxygen atoms in total. The van der Waals surface area contributed by atoms with Crippen molar-refractivity contribution >= 4 is 15.7 Å². The molecule has 0 radical (unpaired) electrons. The van der Waals surface area contributed by atoms with E-state index in [2.05, 4.69) is 5.32 Å². The summed E-state index contributed by atoms with van der Waals surface area (Å²) in [5.41, 5.74) is 2.20. The number of rotatable bonds is 4. The molecule has 1 atom stereocenters. The third-order valence-corrected chi connectivity index (χ3v) is 4.26. The third kappa shape index (κ3) is 3.86. The number of sulfonamides is 1. The number of benzene rings is 2. The predicted octanol–water partition coefficient (Wildman–Crippen LogP) is 2.25. The minimum atomic E-state index is -3.85. The minimum Gasteiger partial charge on any atom is -0.377 e. The number of anilines is 1. The smallest absolute Gasteiger partial charge is 0.238 e. The van der Waals surface area contributed by atoms with Gasteiger partial charge in [-0.25, -0.2) is 13.6 Å². The zero-order chi connectivity index (χ0) is 17.0. The lowest BCUT2D eigenvalue weighted by Crippen LogP contribution is -2.13. The lowest BCUT2D eigenvalue weighted by molar-refractivity contribution is 0.598. The zero-order valence-electron chi connectivity index (χ0n) is 12.3. The molecule has 0 saturated carbocycles. The van der Waals surface area contributed by atoms with Crippen molar-refractivity contribution in [3.05, 3.63) is 59.2 Å². The summed E-state index contributed by atoms with van der Waals surface area (Å²) in [6.07, 6.45) is 0. The van der Waals surface area contributed by atoms with Gasteiger partial charge < -0.3 is 5.32 Å². The highest BCUT2D eigenvalue weighted by Crippen LogP contribution is 2.24. The van der Waals surface area contributed by atoms with Crippen molar-refractivity contribution in [2.45, 2.75) is 17.9 Å². The Morgan fingerprint density at radius 3 is 2.26 bits per heavy atom. The second kappa shape index (κ2) is 6.49. The van der Waals surface area contributed by atoms with Crippen LogP contribution in [0.1, 0.15) is 29.7 Å². The van der Waals surface area contributed by atoms with Crippen LogP contribution in [0.5, 0.6) is 0 Å². The van der Waals surface area contributed by atoms with Gasteiger partial charge in [-0.15, -0.1) is 0 Å². The molecule has 0 amide bonds. The summed E-state index contributed by atoms with van der Waals surface area (Å²) < 4.78 is 22.7. The van der Waals surface area contributed by atoms with Crippen LogP contribution in [0, 0.1) is 22.7 Å². The van der Waals surface area contributed by atoms with Gasteiger partial charge in [0.2, 0.25) is 10.0 Å². The van der Waals surface area contributed by atoms with Gasteiger partial charge in [-0.3, -0.25) is 0 Å². The number of nitrogens with zero attached hydrogens (tertiary/aromatic N) is 2. The second-order valence-electron chi connectivity index (χ2n) is 4.96. The second-order valence-corrected chi connectivity index (χ2v) is 6.53. The van der Waals surface area contributed by atoms with E-state index in [0.717, 1.165) is 5.56 Å². The molecule has 23 heavy (non-hydrogen) atoms. The fourth-order valence-electron chi connectivity index (χ4n) is 2.08. The molecule has 2 rings (SSSR count). The van der Waals surface area contributed by atoms with Crippen LogP contribution < -0.4 is 10.5 Å². The van der Waals surface area contributed by atoms with Crippen molar-refractivity contribution in [2.24, 2.45) is 5.14 Å². The van der Waals surface area contributed by atoms with Crippen LogP contribution in [0.2, 0.25) is 0 Å². The standard InChI is InChI=1S/C16H14N4O2S/c1-11(13-4-2-12(9-17)3-5-13)20-16-7-6-15(23(19,21)22)8-14(16)10-18/h2-8,11,20H,1H3,(H2,19,21,22). The molecule has 0 saturated heterocycles. The zero-order valence-corrected chi connectivity index (χ0v) is 13.1. The van der Waals surface area contributed by atoms with Crippen LogP contribution in [0.25, 0.3) is 0 Å². The summed E-state index contributed by atoms with van der Waals surface area (Å²) in [6, 6.07) is 15.0. The van der Waals surface area contributed by atoms with E-state index >= 15 is 0 Å². The topological polar surface area (TPSA) is 120 Å². The summed E-state index contributed by atoms with van der Waals surface area (Å²) >= 11 is 0. The van der Waals surface area contributed by atoms with Gasteiger partial charge in [-0.1, -0.05) is 12.1 Å². The maximum absolute atomic E-state index is 11.3. The van der Waals surface area contributed by atoms with Crippen molar-refractivity contribution in [1.29, 1.82) is 10.5 Å². The Balaban J connectivity index is 2.29. The van der Waals surface area contributed by atoms with Gasteiger partial charge >= 0.3 is 0 Å². The van der Waals surface area contributed by atoms with Crippen molar-refractivity contribution < 1.29 is 8.42 Å². The first kappa shape index (κ1) is 16.5. The molecule has 0 heterocycles. The van der Waals surface area contributed by atoms with E-state index in [0.29, 0.717) is 11.3 Å². The summed E-state index contributed by atoms with van der Waals surface area (Å²) in [6.45, 7) is 1.90. The number of hydrogen-bond donors (Lipinski definition) is 2. The molecular weight excluding hydrogens is 312 g/mol. The largest absolute Gasteiger partial charge is 0.377 e. The predicted molar refractivity (Wildman–Crippen MR) is 85.7 cm³/mol. The van der Waals surface area contributed by atoms with Gasteiger partial charge in [-0.2, -0.15) is 10.5 Å². The minimum absolute atomic E-state index is 0.106. The van der Waals surface area contributed by atoms with Crippen molar-refractivity contribution in [3.8, 4) is 12.1 Å². The Morgan fingerprint density at radius 1 is 1.09 bits per heavy atom. The highest BCUT2D eigenvalue weighted by molar-refractivity contribution is 7.89. The summed E-state index contributed by atoms with van der Waals surface area (Å²) in [7, 11) is -3.85. The maximum Gasteiger partial charge on any atom is 0.238 e. The molecule has 7 heteroatoms. The normalized spacial score (nSPS) is 12.0. The Bertz CT molecular complexity index is 907. The molecular formula is C16H14N4O2S. The average molecular weight is 326 g/mol. The van der Waals surface area contributed by atoms with Gasteiger partial charge in [0.15, 0.2) is 0 Å². The van der Waals surface area contributed by atoms with Crippen molar-refractivity contribution in [1.82, 2.24) is 0 Å². The Morgan fingerprint density at radius 2 is 1.74 bits per heavy atom. The first-order chi connectivity index (χ1) is 10.8. The van der Waals surface area contributed by atoms with E-state index in [4.69, 9.17) is 10.4 Å². The van der Waals surface area contributed by atoms with E-state index in [1.54, 1.807) is 12.1 Å². The molecule has 2 aromatic rings. The molecule has 116 valence electrons. The van der Waals surface area contributed by atoms with E-state index in [1.165, 1.54) is 18.2 Å². The molecule has 0 aliphatic heterocycles. The molecule has 0 aliphatic rings. The number of nitriles is 2. The molecule has 0 bridgehead atoms. The van der Waals surface area contributed by atoms with Crippen LogP contribution in [0.4, 0.5) is 5.69 Å². The Labute approximate surface area is 134 Å². The highest BCUT2D eigenvalue weighted by atomic mass is 32.2. The van der Waals surface area contributed by atoms with Crippen molar-refractivity contribution in [3.63, 3.8) is 0 Å². The van der Waals surface area contributed by atoms with Gasteiger partial charge in [0.05, 0.1) is 27.8 Å². The van der Waals surface area contributed by atoms with Crippen LogP contribution in [0.15, 0.2) is 47.4 Å². The summed E-state index contributed by atoms with van der Waals surface area (Å²) in [5, 5.41) is 26.2. The fraction of sp³-hybridized carbons (Fsp3) is 0.125. The third-order valence-electron chi connectivity index (χ3n) is 3.35. The molecule has 1 unspecified atom stereocenters. The van der Waals surface area contributed by atoms with E-state index in [9.17, 15) is 13.7 Å². The fourth-order valence-corrected chi connectivity index (χ4v) is 2.62. The van der Waals surface area contributed by atoms with Crippen molar-refractivity contribution in [2.75, 3.05) is 5.32 Å². The molecule has 0 spiro atoms. The Kier molecular flexibility index (Phi) is 4.65. The molecule has 0 aliphatic carbocycles. The highest BCUT2D eigenvalue weighted by Gasteiger charge is 2.13. The molecule has 3 N–H and O–H groups in total. The quantitative estimate of drug-likeness (QED) is 0.893. The number of nitrogens with one attached hydrogen (secondary N) is 1. The average Bonchev–Trinajstić information content (AvgIpc) is 2.54. The summed E-state index contributed by atoms with van der Waals surface area (Å²) in [5.74, 6) is 0. The summed E-state index contributed by atoms with van der Waals surface area (Å²) in [4.78, 5) is -0.106. The van der Waals surface area contributed by atoms with Gasteiger partial charge in [0.1, 0.15) is 6.07 Å². The van der Waals surface area contributed by atoms with Crippen LogP contribution in [-0.2, 0) is 10.0 Å². The maximum atomic E-state index is 11.3. The molecule has 0 aromatic heterocycles. The van der Waals surface area contributed by atoms with Crippen LogP contribution in [-0.4, -0.2) is 8.42 Å². The van der Waals surface area contributed by atoms with Gasteiger partial charge in [0.25, 0.3) is 0 Å². The number of primary sulfonamides is 1. The Hall–Kier alpha value is -2.87. The van der Waals surface area contributed by atoms with Crippen LogP contribution in [0.3, 0.4) is 0 Å². The first-order valence-corrected chi connectivity index (χ1v) is 8.23. The first-order valence-electron chi connectivity index (χ1n) is 6.68. The lowest BCUT2D eigenvalue weighted by Gasteiger charge is -2.17. The number of hydrogen-bond acceptors (Lipinski definition) is 5. The lowest BCUT2D eigenvalue weighted by atomic mass is 10.1. The van der Waals surface area contributed by atoms with Crippen LogP contribution >= 0.6 is 0 Å². The monoisotopic (exact) mass is 326 g/mol. The molecule has 2 aromatic carbocycles. The van der Waals surface area contributed by atoms with E-state index in [1.807, 2.05) is 31.2 Å². The SMILES string of the molecule is CC(Nc1ccc(S(N)(=O)=O)cc1C#N)c1ccc(C#N)cc1. The van der Waals surface area contributed by atoms with Gasteiger partial charge in [0, 0.05) is 6.04 Å². The van der Waals surface area contributed by atoms with E-state index < -0.39 is 10.0 Å². The van der Waals surface area contributed by atoms with Gasteiger partial charge in [-0.05, 0) is 42.8 Å². The number of nitrogens with two attached hydrogens (primary N) is 1. The molecule has 0 fully saturated rings. The van der Waals surface area contributed by atoms with E-state index in [-0.39, 0.29) is 16.5 Å².